The number of halogens is 3. The maximum atomic E-state index is 13.6. The molecule has 1 heterocycles. The van der Waals surface area contributed by atoms with Gasteiger partial charge in [0, 0.05) is 24.6 Å². The number of hydrogen-bond donors (Lipinski definition) is 0. The van der Waals surface area contributed by atoms with Gasteiger partial charge in [-0.05, 0) is 13.0 Å². The van der Waals surface area contributed by atoms with E-state index in [2.05, 4.69) is 0 Å². The van der Waals surface area contributed by atoms with Gasteiger partial charge < -0.3 is 4.90 Å². The molecule has 0 aliphatic carbocycles. The summed E-state index contributed by atoms with van der Waals surface area (Å²) in [6, 6.07) is 2.95. The Morgan fingerprint density at radius 1 is 1.47 bits per heavy atom. The smallest absolute Gasteiger partial charge is 0.224 e. The summed E-state index contributed by atoms with van der Waals surface area (Å²) in [5.74, 6) is -1.36. The molecule has 2 unspecified atom stereocenters. The fraction of sp³-hybridized carbons (Fsp3) is 0.417. The maximum Gasteiger partial charge on any atom is 0.224 e. The minimum absolute atomic E-state index is 0.0961. The highest BCUT2D eigenvalue weighted by atomic mass is 35.5. The summed E-state index contributed by atoms with van der Waals surface area (Å²) in [6.45, 7) is 2.11. The van der Waals surface area contributed by atoms with E-state index in [1.54, 1.807) is 6.92 Å². The van der Waals surface area contributed by atoms with E-state index >= 15 is 0 Å². The van der Waals surface area contributed by atoms with Gasteiger partial charge >= 0.3 is 0 Å². The Labute approximate surface area is 103 Å². The van der Waals surface area contributed by atoms with Crippen molar-refractivity contribution >= 4 is 17.5 Å². The Bertz CT molecular complexity index is 452. The number of carbonyl (C=O) groups is 1. The second kappa shape index (κ2) is 4.61. The number of rotatable bonds is 2. The fourth-order valence-electron chi connectivity index (χ4n) is 2.07. The molecule has 1 aliphatic heterocycles. The van der Waals surface area contributed by atoms with Gasteiger partial charge in [0.2, 0.25) is 5.91 Å². The lowest BCUT2D eigenvalue weighted by Gasteiger charge is -2.25. The third-order valence-electron chi connectivity index (χ3n) is 2.99. The number of amides is 1. The Morgan fingerprint density at radius 2 is 2.18 bits per heavy atom. The van der Waals surface area contributed by atoms with Gasteiger partial charge in [-0.2, -0.15) is 0 Å². The molecule has 1 saturated heterocycles. The van der Waals surface area contributed by atoms with Crippen LogP contribution in [0, 0.1) is 11.6 Å². The lowest BCUT2D eigenvalue weighted by atomic mass is 10.1. The van der Waals surface area contributed by atoms with Gasteiger partial charge in [-0.1, -0.05) is 6.07 Å². The van der Waals surface area contributed by atoms with Crippen molar-refractivity contribution in [3.05, 3.63) is 35.4 Å². The van der Waals surface area contributed by atoms with Gasteiger partial charge in [-0.3, -0.25) is 4.79 Å². The second-order valence-corrected chi connectivity index (χ2v) is 4.81. The molecule has 1 aromatic rings. The molecule has 17 heavy (non-hydrogen) atoms. The highest BCUT2D eigenvalue weighted by Crippen LogP contribution is 2.29. The van der Waals surface area contributed by atoms with Gasteiger partial charge in [0.05, 0.1) is 11.4 Å². The lowest BCUT2D eigenvalue weighted by Crippen LogP contribution is -2.29. The number of alkyl halides is 1. The number of likely N-dealkylation sites (tertiary alicyclic amines) is 1. The van der Waals surface area contributed by atoms with Crippen LogP contribution >= 0.6 is 11.6 Å². The minimum Gasteiger partial charge on any atom is -0.334 e. The van der Waals surface area contributed by atoms with Crippen molar-refractivity contribution in [2.24, 2.45) is 0 Å². The van der Waals surface area contributed by atoms with E-state index in [1.165, 1.54) is 17.0 Å². The zero-order valence-corrected chi connectivity index (χ0v) is 10.0. The summed E-state index contributed by atoms with van der Waals surface area (Å²) in [7, 11) is 0. The molecule has 1 aliphatic rings. The van der Waals surface area contributed by atoms with E-state index in [-0.39, 0.29) is 17.7 Å². The molecule has 2 atom stereocenters. The van der Waals surface area contributed by atoms with Crippen LogP contribution < -0.4 is 0 Å². The molecule has 0 N–H and O–H groups in total. The summed E-state index contributed by atoms with van der Waals surface area (Å²) >= 11 is 5.88. The van der Waals surface area contributed by atoms with E-state index in [4.69, 9.17) is 11.6 Å². The highest BCUT2D eigenvalue weighted by molar-refractivity contribution is 6.22. The summed E-state index contributed by atoms with van der Waals surface area (Å²) in [4.78, 5) is 13.1. The summed E-state index contributed by atoms with van der Waals surface area (Å²) < 4.78 is 26.4. The molecule has 0 radical (unpaired) electrons. The predicted octanol–water partition coefficient (Wildman–Crippen LogP) is 2.87. The van der Waals surface area contributed by atoms with Crippen molar-refractivity contribution in [3.63, 3.8) is 0 Å². The van der Waals surface area contributed by atoms with Gasteiger partial charge in [-0.15, -0.1) is 11.6 Å². The van der Waals surface area contributed by atoms with Gasteiger partial charge in [-0.25, -0.2) is 8.78 Å². The number of carbonyl (C=O) groups excluding carboxylic acids is 1. The van der Waals surface area contributed by atoms with E-state index in [0.717, 1.165) is 6.07 Å². The van der Waals surface area contributed by atoms with Crippen LogP contribution in [0.25, 0.3) is 0 Å². The summed E-state index contributed by atoms with van der Waals surface area (Å²) in [5, 5.41) is -0.228. The Hall–Kier alpha value is -1.16. The number of benzene rings is 1. The predicted molar refractivity (Wildman–Crippen MR) is 60.7 cm³/mol. The normalized spacial score (nSPS) is 22.0. The zero-order valence-electron chi connectivity index (χ0n) is 9.29. The average molecular weight is 260 g/mol. The minimum atomic E-state index is -0.636. The number of nitrogens with zero attached hydrogens (tertiary/aromatic N) is 1. The van der Waals surface area contributed by atoms with Crippen molar-refractivity contribution < 1.29 is 13.6 Å². The van der Waals surface area contributed by atoms with E-state index in [1.807, 2.05) is 0 Å². The molecule has 1 amide bonds. The lowest BCUT2D eigenvalue weighted by molar-refractivity contribution is -0.129. The Morgan fingerprint density at radius 3 is 2.71 bits per heavy atom. The molecule has 1 aromatic carbocycles. The monoisotopic (exact) mass is 259 g/mol. The van der Waals surface area contributed by atoms with Crippen LogP contribution in [-0.4, -0.2) is 22.7 Å². The van der Waals surface area contributed by atoms with Crippen LogP contribution in [0.3, 0.4) is 0 Å². The molecule has 0 spiro atoms. The standard InChI is InChI=1S/C12H12ClF2NO/c1-7(16-6-8(13)4-12(16)17)10-3-2-9(14)5-11(10)15/h2-3,5,7-8H,4,6H2,1H3. The molecule has 1 fully saturated rings. The molecule has 0 saturated carbocycles. The molecule has 0 aromatic heterocycles. The molecule has 5 heteroatoms. The van der Waals surface area contributed by atoms with Crippen LogP contribution in [0.4, 0.5) is 8.78 Å². The SMILES string of the molecule is CC(c1ccc(F)cc1F)N1CC(Cl)CC1=O. The molecule has 92 valence electrons. The van der Waals surface area contributed by atoms with Crippen LogP contribution in [-0.2, 0) is 4.79 Å². The van der Waals surface area contributed by atoms with Gasteiger partial charge in [0.25, 0.3) is 0 Å². The van der Waals surface area contributed by atoms with E-state index in [9.17, 15) is 13.6 Å². The van der Waals surface area contributed by atoms with E-state index < -0.39 is 17.7 Å². The molecule has 2 rings (SSSR count). The first-order valence-corrected chi connectivity index (χ1v) is 5.81. The van der Waals surface area contributed by atoms with Crippen molar-refractivity contribution in [1.29, 1.82) is 0 Å². The van der Waals surface area contributed by atoms with Crippen molar-refractivity contribution in [2.75, 3.05) is 6.54 Å². The van der Waals surface area contributed by atoms with Crippen molar-refractivity contribution in [3.8, 4) is 0 Å². The van der Waals surface area contributed by atoms with Crippen molar-refractivity contribution in [1.82, 2.24) is 4.90 Å². The van der Waals surface area contributed by atoms with E-state index in [0.29, 0.717) is 12.1 Å². The highest BCUT2D eigenvalue weighted by Gasteiger charge is 2.32. The van der Waals surface area contributed by atoms with Crippen LogP contribution in [0.5, 0.6) is 0 Å². The molecular formula is C12H12ClF2NO. The quantitative estimate of drug-likeness (QED) is 0.748. The average Bonchev–Trinajstić information content (AvgIpc) is 2.57. The zero-order chi connectivity index (χ0) is 12.6. The summed E-state index contributed by atoms with van der Waals surface area (Å²) in [5.41, 5.74) is 0.311. The molecule has 0 bridgehead atoms. The second-order valence-electron chi connectivity index (χ2n) is 4.19. The van der Waals surface area contributed by atoms with Crippen molar-refractivity contribution in [2.45, 2.75) is 24.8 Å². The third kappa shape index (κ3) is 2.41. The first-order chi connectivity index (χ1) is 7.99. The first-order valence-electron chi connectivity index (χ1n) is 5.37. The third-order valence-corrected chi connectivity index (χ3v) is 3.28. The Kier molecular flexibility index (Phi) is 3.33. The van der Waals surface area contributed by atoms with Crippen LogP contribution in [0.1, 0.15) is 24.9 Å². The summed E-state index contributed by atoms with van der Waals surface area (Å²) in [6.07, 6.45) is 0.273. The van der Waals surface area contributed by atoms with Gasteiger partial charge in [0.15, 0.2) is 0 Å². The van der Waals surface area contributed by atoms with Crippen LogP contribution in [0.2, 0.25) is 0 Å². The van der Waals surface area contributed by atoms with Gasteiger partial charge in [0.1, 0.15) is 11.6 Å². The maximum absolute atomic E-state index is 13.6. The number of hydrogen-bond acceptors (Lipinski definition) is 1. The largest absolute Gasteiger partial charge is 0.334 e. The Balaban J connectivity index is 2.25. The fourth-order valence-corrected chi connectivity index (χ4v) is 2.35. The van der Waals surface area contributed by atoms with Crippen LogP contribution in [0.15, 0.2) is 18.2 Å². The molecule has 2 nitrogen and oxygen atoms in total. The first kappa shape index (κ1) is 12.3. The molecular weight excluding hydrogens is 248 g/mol. The topological polar surface area (TPSA) is 20.3 Å².